The van der Waals surface area contributed by atoms with Gasteiger partial charge in [0, 0.05) is 17.8 Å². The Hall–Kier alpha value is -2.29. The molecule has 1 aliphatic rings. The molecule has 3 rings (SSSR count). The van der Waals surface area contributed by atoms with Crippen molar-refractivity contribution in [1.29, 1.82) is 0 Å². The van der Waals surface area contributed by atoms with E-state index in [1.54, 1.807) is 0 Å². The molecular formula is C17H17NO2. The van der Waals surface area contributed by atoms with Crippen molar-refractivity contribution in [2.45, 2.75) is 26.5 Å². The second-order valence-corrected chi connectivity index (χ2v) is 5.14. The molecule has 0 fully saturated rings. The molecule has 0 saturated carbocycles. The van der Waals surface area contributed by atoms with Crippen LogP contribution in [-0.2, 0) is 16.0 Å². The highest BCUT2D eigenvalue weighted by Crippen LogP contribution is 2.40. The van der Waals surface area contributed by atoms with Crippen LogP contribution in [0.4, 0.5) is 11.4 Å². The van der Waals surface area contributed by atoms with Crippen molar-refractivity contribution in [3.8, 4) is 0 Å². The second-order valence-electron chi connectivity index (χ2n) is 5.14. The molecule has 102 valence electrons. The maximum absolute atomic E-state index is 10.7. The first-order chi connectivity index (χ1) is 9.70. The standard InChI is InChI=1S/C17H17NO2/c1-12-7-8-17-15(9-12)10-14-5-3-4-6-16(14)18(17)13(2)20-11-19/h3-9,11,13H,10H2,1-2H3. The molecule has 1 aliphatic heterocycles. The SMILES string of the molecule is Cc1ccc2c(c1)Cc1ccccc1N2C(C)OC=O. The van der Waals surface area contributed by atoms with E-state index in [2.05, 4.69) is 42.2 Å². The van der Waals surface area contributed by atoms with Gasteiger partial charge in [-0.05, 0) is 37.1 Å². The number of carbonyl (C=O) groups excluding carboxylic acids is 1. The summed E-state index contributed by atoms with van der Waals surface area (Å²) in [5, 5.41) is 0. The van der Waals surface area contributed by atoms with Gasteiger partial charge in [-0.2, -0.15) is 0 Å². The zero-order valence-electron chi connectivity index (χ0n) is 11.7. The van der Waals surface area contributed by atoms with Crippen LogP contribution in [0.15, 0.2) is 42.5 Å². The summed E-state index contributed by atoms with van der Waals surface area (Å²) < 4.78 is 5.17. The number of anilines is 2. The van der Waals surface area contributed by atoms with E-state index in [4.69, 9.17) is 4.74 Å². The van der Waals surface area contributed by atoms with Gasteiger partial charge in [0.15, 0.2) is 6.23 Å². The normalized spacial score (nSPS) is 14.2. The lowest BCUT2D eigenvalue weighted by molar-refractivity contribution is -0.132. The number of benzene rings is 2. The maximum Gasteiger partial charge on any atom is 0.295 e. The molecule has 0 aliphatic carbocycles. The molecule has 0 N–H and O–H groups in total. The van der Waals surface area contributed by atoms with E-state index >= 15 is 0 Å². The Morgan fingerprint density at radius 1 is 1.15 bits per heavy atom. The summed E-state index contributed by atoms with van der Waals surface area (Å²) in [4.78, 5) is 12.8. The van der Waals surface area contributed by atoms with Crippen molar-refractivity contribution in [2.75, 3.05) is 4.90 Å². The number of ether oxygens (including phenoxy) is 1. The van der Waals surface area contributed by atoms with Crippen molar-refractivity contribution < 1.29 is 9.53 Å². The molecule has 1 unspecified atom stereocenters. The van der Waals surface area contributed by atoms with Crippen molar-refractivity contribution >= 4 is 17.8 Å². The van der Waals surface area contributed by atoms with Crippen molar-refractivity contribution in [1.82, 2.24) is 0 Å². The van der Waals surface area contributed by atoms with Crippen LogP contribution in [0.2, 0.25) is 0 Å². The first-order valence-corrected chi connectivity index (χ1v) is 6.76. The van der Waals surface area contributed by atoms with Crippen molar-refractivity contribution in [3.63, 3.8) is 0 Å². The van der Waals surface area contributed by atoms with E-state index in [1.807, 2.05) is 19.1 Å². The Morgan fingerprint density at radius 3 is 2.70 bits per heavy atom. The molecule has 0 spiro atoms. The van der Waals surface area contributed by atoms with Crippen LogP contribution in [-0.4, -0.2) is 12.7 Å². The molecule has 1 heterocycles. The average Bonchev–Trinajstić information content (AvgIpc) is 2.44. The minimum Gasteiger partial charge on any atom is -0.444 e. The number of carbonyl (C=O) groups is 1. The molecule has 2 aromatic carbocycles. The van der Waals surface area contributed by atoms with Crippen molar-refractivity contribution in [3.05, 3.63) is 59.2 Å². The van der Waals surface area contributed by atoms with E-state index < -0.39 is 0 Å². The summed E-state index contributed by atoms with van der Waals surface area (Å²) in [5.41, 5.74) is 5.99. The van der Waals surface area contributed by atoms with Crippen LogP contribution in [0.25, 0.3) is 0 Å². The fourth-order valence-corrected chi connectivity index (χ4v) is 2.85. The zero-order chi connectivity index (χ0) is 14.1. The Balaban J connectivity index is 2.14. The average molecular weight is 267 g/mol. The number of rotatable bonds is 3. The van der Waals surface area contributed by atoms with Gasteiger partial charge in [-0.1, -0.05) is 35.9 Å². The van der Waals surface area contributed by atoms with E-state index in [0.717, 1.165) is 17.8 Å². The summed E-state index contributed by atoms with van der Waals surface area (Å²) in [6, 6.07) is 14.6. The van der Waals surface area contributed by atoms with Crippen LogP contribution in [0, 0.1) is 6.92 Å². The number of aryl methyl sites for hydroxylation is 1. The predicted molar refractivity (Wildman–Crippen MR) is 79.2 cm³/mol. The highest BCUT2D eigenvalue weighted by Gasteiger charge is 2.26. The summed E-state index contributed by atoms with van der Waals surface area (Å²) in [7, 11) is 0. The van der Waals surface area contributed by atoms with E-state index in [-0.39, 0.29) is 6.23 Å². The zero-order valence-corrected chi connectivity index (χ0v) is 11.7. The van der Waals surface area contributed by atoms with E-state index in [1.165, 1.54) is 16.7 Å². The maximum atomic E-state index is 10.7. The van der Waals surface area contributed by atoms with Gasteiger partial charge < -0.3 is 9.64 Å². The van der Waals surface area contributed by atoms with Crippen LogP contribution in [0.1, 0.15) is 23.6 Å². The lowest BCUT2D eigenvalue weighted by Gasteiger charge is -2.36. The highest BCUT2D eigenvalue weighted by atomic mass is 16.5. The van der Waals surface area contributed by atoms with Gasteiger partial charge >= 0.3 is 0 Å². The largest absolute Gasteiger partial charge is 0.444 e. The number of nitrogens with zero attached hydrogens (tertiary/aromatic N) is 1. The molecule has 0 aromatic heterocycles. The van der Waals surface area contributed by atoms with E-state index in [0.29, 0.717) is 6.47 Å². The molecule has 0 saturated heterocycles. The molecule has 3 heteroatoms. The third-order valence-corrected chi connectivity index (χ3v) is 3.74. The lowest BCUT2D eigenvalue weighted by Crippen LogP contribution is -2.34. The van der Waals surface area contributed by atoms with Gasteiger partial charge in [0.1, 0.15) is 0 Å². The van der Waals surface area contributed by atoms with Gasteiger partial charge in [0.05, 0.1) is 0 Å². The number of fused-ring (bicyclic) bond motifs is 2. The van der Waals surface area contributed by atoms with Crippen LogP contribution in [0.5, 0.6) is 0 Å². The first kappa shape index (κ1) is 12.7. The lowest BCUT2D eigenvalue weighted by atomic mass is 9.94. The fourth-order valence-electron chi connectivity index (χ4n) is 2.85. The minimum atomic E-state index is -0.324. The third-order valence-electron chi connectivity index (χ3n) is 3.74. The van der Waals surface area contributed by atoms with Crippen LogP contribution < -0.4 is 4.90 Å². The highest BCUT2D eigenvalue weighted by molar-refractivity contribution is 5.75. The quantitative estimate of drug-likeness (QED) is 0.796. The Bertz CT molecular complexity index is 651. The van der Waals surface area contributed by atoms with Crippen LogP contribution >= 0.6 is 0 Å². The van der Waals surface area contributed by atoms with Gasteiger partial charge in [-0.15, -0.1) is 0 Å². The topological polar surface area (TPSA) is 29.5 Å². The molecule has 2 aromatic rings. The Morgan fingerprint density at radius 2 is 1.90 bits per heavy atom. The van der Waals surface area contributed by atoms with Gasteiger partial charge in [-0.3, -0.25) is 4.79 Å². The van der Waals surface area contributed by atoms with Gasteiger partial charge in [0.2, 0.25) is 0 Å². The molecule has 1 atom stereocenters. The fraction of sp³-hybridized carbons (Fsp3) is 0.235. The molecule has 3 nitrogen and oxygen atoms in total. The minimum absolute atomic E-state index is 0.324. The third kappa shape index (κ3) is 2.05. The molecule has 0 bridgehead atoms. The predicted octanol–water partition coefficient (Wildman–Crippen LogP) is 3.56. The summed E-state index contributed by atoms with van der Waals surface area (Å²) in [6.45, 7) is 4.49. The van der Waals surface area contributed by atoms with E-state index in [9.17, 15) is 4.79 Å². The van der Waals surface area contributed by atoms with Gasteiger partial charge in [0.25, 0.3) is 6.47 Å². The summed E-state index contributed by atoms with van der Waals surface area (Å²) in [6.07, 6.45) is 0.590. The molecule has 0 radical (unpaired) electrons. The summed E-state index contributed by atoms with van der Waals surface area (Å²) >= 11 is 0. The number of hydrogen-bond donors (Lipinski definition) is 0. The molecule has 0 amide bonds. The Kier molecular flexibility index (Phi) is 3.18. The molecule has 20 heavy (non-hydrogen) atoms. The number of hydrogen-bond acceptors (Lipinski definition) is 3. The van der Waals surface area contributed by atoms with Crippen molar-refractivity contribution in [2.24, 2.45) is 0 Å². The summed E-state index contributed by atoms with van der Waals surface area (Å²) in [5.74, 6) is 0. The second kappa shape index (κ2) is 5.00. The monoisotopic (exact) mass is 267 g/mol. The smallest absolute Gasteiger partial charge is 0.295 e. The Labute approximate surface area is 118 Å². The molecular weight excluding hydrogens is 250 g/mol. The van der Waals surface area contributed by atoms with Crippen LogP contribution in [0.3, 0.4) is 0 Å². The number of para-hydroxylation sites is 1. The van der Waals surface area contributed by atoms with Gasteiger partial charge in [-0.25, -0.2) is 0 Å². The first-order valence-electron chi connectivity index (χ1n) is 6.76.